The molecule has 8 nitrogen and oxygen atoms in total. The first-order chi connectivity index (χ1) is 10.5. The van der Waals surface area contributed by atoms with Crippen LogP contribution < -0.4 is 11.1 Å². The predicted molar refractivity (Wildman–Crippen MR) is 85.4 cm³/mol. The first-order valence-electron chi connectivity index (χ1n) is 7.23. The number of hydrogen-bond acceptors (Lipinski definition) is 6. The van der Waals surface area contributed by atoms with Crippen LogP contribution in [0, 0.1) is 13.8 Å². The van der Waals surface area contributed by atoms with Gasteiger partial charge in [0.2, 0.25) is 5.95 Å². The molecule has 0 amide bonds. The molecule has 0 aliphatic carbocycles. The van der Waals surface area contributed by atoms with E-state index in [1.54, 1.807) is 0 Å². The average Bonchev–Trinajstić information content (AvgIpc) is 2.98. The number of aryl methyl sites for hydroxylation is 3. The van der Waals surface area contributed by atoms with Gasteiger partial charge < -0.3 is 15.6 Å². The van der Waals surface area contributed by atoms with Crippen LogP contribution in [0.4, 0.5) is 11.8 Å². The predicted octanol–water partition coefficient (Wildman–Crippen LogP) is 1.39. The molecule has 0 spiro atoms. The largest absolute Gasteiger partial charge is 0.368 e. The van der Waals surface area contributed by atoms with Gasteiger partial charge in [0, 0.05) is 31.4 Å². The summed E-state index contributed by atoms with van der Waals surface area (Å²) in [5, 5.41) is 7.65. The van der Waals surface area contributed by atoms with Gasteiger partial charge in [-0.05, 0) is 20.8 Å². The van der Waals surface area contributed by atoms with Crippen LogP contribution in [0.3, 0.4) is 0 Å². The van der Waals surface area contributed by atoms with Gasteiger partial charge in [-0.25, -0.2) is 4.98 Å². The lowest BCUT2D eigenvalue weighted by molar-refractivity contribution is 0.638. The summed E-state index contributed by atoms with van der Waals surface area (Å²) in [4.78, 5) is 13.0. The van der Waals surface area contributed by atoms with Crippen molar-refractivity contribution >= 4 is 22.9 Å². The van der Waals surface area contributed by atoms with Gasteiger partial charge in [0.1, 0.15) is 5.82 Å². The van der Waals surface area contributed by atoms with E-state index in [0.29, 0.717) is 12.4 Å². The van der Waals surface area contributed by atoms with Crippen LogP contribution in [0.2, 0.25) is 0 Å². The van der Waals surface area contributed by atoms with Crippen LogP contribution in [-0.4, -0.2) is 29.3 Å². The monoisotopic (exact) mass is 300 g/mol. The van der Waals surface area contributed by atoms with Crippen molar-refractivity contribution in [2.24, 2.45) is 7.05 Å². The smallest absolute Gasteiger partial charge is 0.224 e. The van der Waals surface area contributed by atoms with Gasteiger partial charge in [0.25, 0.3) is 0 Å². The number of nitrogens with two attached hydrogens (primary N) is 1. The second-order valence-electron chi connectivity index (χ2n) is 5.25. The highest BCUT2D eigenvalue weighted by atomic mass is 15.3. The van der Waals surface area contributed by atoms with Crippen molar-refractivity contribution in [2.75, 3.05) is 11.1 Å². The average molecular weight is 300 g/mol. The number of hydrogen-bond donors (Lipinski definition) is 2. The third-order valence-corrected chi connectivity index (χ3v) is 3.91. The van der Waals surface area contributed by atoms with Crippen LogP contribution in [0.1, 0.15) is 24.0 Å². The first-order valence-corrected chi connectivity index (χ1v) is 7.23. The van der Waals surface area contributed by atoms with Crippen molar-refractivity contribution < 1.29 is 0 Å². The summed E-state index contributed by atoms with van der Waals surface area (Å²) in [6.07, 6.45) is 1.87. The van der Waals surface area contributed by atoms with Crippen molar-refractivity contribution in [1.82, 2.24) is 29.3 Å². The molecule has 0 bridgehead atoms. The molecule has 0 saturated carbocycles. The number of aromatic nitrogens is 6. The fraction of sp³-hybridized carbons (Fsp3) is 0.429. The molecular weight excluding hydrogens is 280 g/mol. The highest BCUT2D eigenvalue weighted by molar-refractivity contribution is 5.84. The summed E-state index contributed by atoms with van der Waals surface area (Å²) in [5.41, 5.74) is 9.54. The number of rotatable bonds is 4. The molecule has 0 aromatic carbocycles. The molecule has 0 aliphatic heterocycles. The van der Waals surface area contributed by atoms with Crippen molar-refractivity contribution in [3.05, 3.63) is 23.3 Å². The van der Waals surface area contributed by atoms with Crippen molar-refractivity contribution in [3.8, 4) is 0 Å². The van der Waals surface area contributed by atoms with Gasteiger partial charge in [0.15, 0.2) is 17.0 Å². The SMILES string of the molecule is CCn1ncc(CNc2nc(N)nc3c2nc(C)n3C)c1C. The van der Waals surface area contributed by atoms with Gasteiger partial charge >= 0.3 is 0 Å². The molecule has 3 aromatic rings. The molecule has 8 heteroatoms. The highest BCUT2D eigenvalue weighted by Crippen LogP contribution is 2.21. The van der Waals surface area contributed by atoms with E-state index in [4.69, 9.17) is 5.73 Å². The minimum atomic E-state index is 0.235. The van der Waals surface area contributed by atoms with E-state index in [0.717, 1.165) is 34.8 Å². The zero-order chi connectivity index (χ0) is 15.9. The van der Waals surface area contributed by atoms with Crippen LogP contribution in [0.15, 0.2) is 6.20 Å². The van der Waals surface area contributed by atoms with E-state index in [9.17, 15) is 0 Å². The summed E-state index contributed by atoms with van der Waals surface area (Å²) < 4.78 is 3.87. The summed E-state index contributed by atoms with van der Waals surface area (Å²) in [6.45, 7) is 7.53. The Balaban J connectivity index is 1.93. The molecule has 0 aliphatic rings. The molecule has 0 unspecified atom stereocenters. The summed E-state index contributed by atoms with van der Waals surface area (Å²) in [5.74, 6) is 1.75. The maximum atomic E-state index is 5.81. The van der Waals surface area contributed by atoms with Crippen LogP contribution in [0.25, 0.3) is 11.2 Å². The summed E-state index contributed by atoms with van der Waals surface area (Å²) >= 11 is 0. The molecule has 3 aromatic heterocycles. The van der Waals surface area contributed by atoms with E-state index < -0.39 is 0 Å². The fourth-order valence-electron chi connectivity index (χ4n) is 2.47. The Labute approximate surface area is 128 Å². The third-order valence-electron chi connectivity index (χ3n) is 3.91. The number of nitrogens with zero attached hydrogens (tertiary/aromatic N) is 6. The van der Waals surface area contributed by atoms with Crippen LogP contribution in [0.5, 0.6) is 0 Å². The maximum absolute atomic E-state index is 5.81. The Morgan fingerprint density at radius 1 is 1.23 bits per heavy atom. The van der Waals surface area contributed by atoms with E-state index >= 15 is 0 Å². The summed E-state index contributed by atoms with van der Waals surface area (Å²) in [6, 6.07) is 0. The summed E-state index contributed by atoms with van der Waals surface area (Å²) in [7, 11) is 1.91. The van der Waals surface area contributed by atoms with E-state index in [1.807, 2.05) is 29.4 Å². The lowest BCUT2D eigenvalue weighted by Gasteiger charge is -2.07. The quantitative estimate of drug-likeness (QED) is 0.755. The minimum absolute atomic E-state index is 0.235. The van der Waals surface area contributed by atoms with Gasteiger partial charge in [-0.1, -0.05) is 0 Å². The highest BCUT2D eigenvalue weighted by Gasteiger charge is 2.14. The number of nitrogens with one attached hydrogen (secondary N) is 1. The Hall–Kier alpha value is -2.64. The van der Waals surface area contributed by atoms with Crippen molar-refractivity contribution in [2.45, 2.75) is 33.9 Å². The minimum Gasteiger partial charge on any atom is -0.368 e. The molecule has 0 atom stereocenters. The van der Waals surface area contributed by atoms with Crippen molar-refractivity contribution in [1.29, 1.82) is 0 Å². The zero-order valence-corrected chi connectivity index (χ0v) is 13.3. The Kier molecular flexibility index (Phi) is 3.44. The number of imidazole rings is 1. The van der Waals surface area contributed by atoms with Gasteiger partial charge in [-0.15, -0.1) is 0 Å². The molecule has 0 radical (unpaired) electrons. The zero-order valence-electron chi connectivity index (χ0n) is 13.3. The fourth-order valence-corrected chi connectivity index (χ4v) is 2.47. The van der Waals surface area contributed by atoms with Crippen LogP contribution >= 0.6 is 0 Å². The van der Waals surface area contributed by atoms with Crippen LogP contribution in [-0.2, 0) is 20.1 Å². The Morgan fingerprint density at radius 3 is 2.68 bits per heavy atom. The maximum Gasteiger partial charge on any atom is 0.224 e. The van der Waals surface area contributed by atoms with Gasteiger partial charge in [-0.3, -0.25) is 4.68 Å². The van der Waals surface area contributed by atoms with E-state index in [2.05, 4.69) is 39.2 Å². The molecular formula is C14H20N8. The number of fused-ring (bicyclic) bond motifs is 1. The Morgan fingerprint density at radius 2 is 2.00 bits per heavy atom. The van der Waals surface area contributed by atoms with Crippen molar-refractivity contribution in [3.63, 3.8) is 0 Å². The van der Waals surface area contributed by atoms with Gasteiger partial charge in [-0.2, -0.15) is 15.1 Å². The molecule has 116 valence electrons. The van der Waals surface area contributed by atoms with E-state index in [1.165, 1.54) is 0 Å². The molecule has 3 rings (SSSR count). The third kappa shape index (κ3) is 2.26. The standard InChI is InChI=1S/C14H20N8/c1-5-22-8(2)10(7-17-22)6-16-12-11-13(20-14(15)19-12)21(4)9(3)18-11/h7H,5-6H2,1-4H3,(H3,15,16,19,20). The van der Waals surface area contributed by atoms with Gasteiger partial charge in [0.05, 0.1) is 6.20 Å². The second-order valence-corrected chi connectivity index (χ2v) is 5.25. The second kappa shape index (κ2) is 5.28. The molecule has 0 saturated heterocycles. The first kappa shape index (κ1) is 14.3. The lowest BCUT2D eigenvalue weighted by Crippen LogP contribution is -2.07. The normalized spacial score (nSPS) is 11.3. The molecule has 3 N–H and O–H groups in total. The molecule has 3 heterocycles. The molecule has 22 heavy (non-hydrogen) atoms. The number of anilines is 2. The van der Waals surface area contributed by atoms with E-state index in [-0.39, 0.29) is 5.95 Å². The lowest BCUT2D eigenvalue weighted by atomic mass is 10.2. The molecule has 0 fully saturated rings. The Bertz CT molecular complexity index is 829. The topological polar surface area (TPSA) is 99.5 Å². The number of nitrogen functional groups attached to an aromatic ring is 1.